The lowest BCUT2D eigenvalue weighted by atomic mass is 10.2. The highest BCUT2D eigenvalue weighted by molar-refractivity contribution is 5.57. The number of hydrogen-bond acceptors (Lipinski definition) is 4. The maximum absolute atomic E-state index is 13.5. The highest BCUT2D eigenvalue weighted by Gasteiger charge is 2.38. The second-order valence-electron chi connectivity index (χ2n) is 4.48. The topological polar surface area (TPSA) is 48.2 Å². The van der Waals surface area contributed by atoms with Crippen LogP contribution in [0.1, 0.15) is 5.89 Å². The van der Waals surface area contributed by atoms with E-state index in [9.17, 15) is 17.6 Å². The van der Waals surface area contributed by atoms with Gasteiger partial charge in [-0.05, 0) is 24.3 Å². The number of alkyl halides is 3. The summed E-state index contributed by atoms with van der Waals surface area (Å²) in [6.07, 6.45) is -4.72. The van der Waals surface area contributed by atoms with Crippen molar-refractivity contribution in [3.63, 3.8) is 0 Å². The summed E-state index contributed by atoms with van der Waals surface area (Å²) in [5, 5.41) is 3.28. The molecule has 1 heterocycles. The van der Waals surface area contributed by atoms with Gasteiger partial charge in [0.2, 0.25) is 5.82 Å². The van der Waals surface area contributed by atoms with Crippen LogP contribution in [-0.4, -0.2) is 10.1 Å². The molecule has 8 heteroatoms. The van der Waals surface area contributed by atoms with E-state index >= 15 is 0 Å². The van der Waals surface area contributed by atoms with Gasteiger partial charge in [-0.2, -0.15) is 18.2 Å². The van der Waals surface area contributed by atoms with Gasteiger partial charge in [0, 0.05) is 5.56 Å². The first kappa shape index (κ1) is 15.0. The van der Waals surface area contributed by atoms with E-state index in [1.807, 2.05) is 0 Å². The van der Waals surface area contributed by atoms with Crippen LogP contribution in [0.4, 0.5) is 17.6 Å². The van der Waals surface area contributed by atoms with Crippen molar-refractivity contribution in [3.05, 3.63) is 60.2 Å². The van der Waals surface area contributed by atoms with E-state index in [2.05, 4.69) is 14.7 Å². The van der Waals surface area contributed by atoms with Crippen molar-refractivity contribution in [2.24, 2.45) is 0 Å². The van der Waals surface area contributed by atoms with Crippen molar-refractivity contribution in [2.45, 2.75) is 6.18 Å². The number of hydrogen-bond donors (Lipinski definition) is 0. The number of nitrogens with zero attached hydrogens (tertiary/aromatic N) is 2. The van der Waals surface area contributed by atoms with E-state index in [1.165, 1.54) is 42.5 Å². The normalized spacial score (nSPS) is 11.5. The maximum atomic E-state index is 13.5. The third-order valence-corrected chi connectivity index (χ3v) is 2.83. The van der Waals surface area contributed by atoms with Gasteiger partial charge in [-0.3, -0.25) is 0 Å². The number of ether oxygens (including phenoxy) is 1. The van der Waals surface area contributed by atoms with Crippen molar-refractivity contribution in [1.82, 2.24) is 10.1 Å². The summed E-state index contributed by atoms with van der Waals surface area (Å²) in [5.74, 6) is -2.01. The maximum Gasteiger partial charge on any atom is 0.471 e. The largest absolute Gasteiger partial charge is 0.471 e. The highest BCUT2D eigenvalue weighted by atomic mass is 19.4. The quantitative estimate of drug-likeness (QED) is 0.656. The van der Waals surface area contributed by atoms with Crippen LogP contribution >= 0.6 is 0 Å². The van der Waals surface area contributed by atoms with Gasteiger partial charge in [-0.25, -0.2) is 4.39 Å². The molecule has 0 aliphatic rings. The van der Waals surface area contributed by atoms with Gasteiger partial charge in [0.25, 0.3) is 0 Å². The van der Waals surface area contributed by atoms with Crippen LogP contribution in [0.5, 0.6) is 11.5 Å². The molecule has 0 saturated heterocycles. The molecule has 4 nitrogen and oxygen atoms in total. The summed E-state index contributed by atoms with van der Waals surface area (Å²) >= 11 is 0. The Hall–Kier alpha value is -2.90. The third-order valence-electron chi connectivity index (χ3n) is 2.83. The fraction of sp³-hybridized carbons (Fsp3) is 0.0667. The monoisotopic (exact) mass is 324 g/mol. The molecule has 3 aromatic rings. The van der Waals surface area contributed by atoms with Crippen LogP contribution in [0.2, 0.25) is 0 Å². The minimum absolute atomic E-state index is 0.00579. The molecule has 0 bridgehead atoms. The predicted octanol–water partition coefficient (Wildman–Crippen LogP) is 4.69. The zero-order chi connectivity index (χ0) is 16.4. The lowest BCUT2D eigenvalue weighted by molar-refractivity contribution is -0.159. The summed E-state index contributed by atoms with van der Waals surface area (Å²) in [7, 11) is 0. The Morgan fingerprint density at radius 3 is 2.48 bits per heavy atom. The van der Waals surface area contributed by atoms with Gasteiger partial charge in [-0.1, -0.05) is 29.4 Å². The molecular formula is C15H8F4N2O2. The molecule has 0 atom stereocenters. The number of aromatic nitrogens is 2. The van der Waals surface area contributed by atoms with Crippen molar-refractivity contribution in [3.8, 4) is 22.9 Å². The Kier molecular flexibility index (Phi) is 3.73. The predicted molar refractivity (Wildman–Crippen MR) is 71.2 cm³/mol. The molecule has 2 aromatic carbocycles. The molecule has 0 fully saturated rings. The molecule has 23 heavy (non-hydrogen) atoms. The van der Waals surface area contributed by atoms with E-state index in [1.54, 1.807) is 6.07 Å². The summed E-state index contributed by atoms with van der Waals surface area (Å²) in [6, 6.07) is 11.7. The van der Waals surface area contributed by atoms with Gasteiger partial charge in [0.15, 0.2) is 11.6 Å². The Morgan fingerprint density at radius 1 is 1.00 bits per heavy atom. The lowest BCUT2D eigenvalue weighted by Crippen LogP contribution is -2.04. The molecule has 0 amide bonds. The van der Waals surface area contributed by atoms with Gasteiger partial charge < -0.3 is 9.26 Å². The Labute approximate surface area is 127 Å². The summed E-state index contributed by atoms with van der Waals surface area (Å²) in [5.41, 5.74) is 0.248. The number of halogens is 4. The minimum Gasteiger partial charge on any atom is -0.454 e. The van der Waals surface area contributed by atoms with E-state index in [-0.39, 0.29) is 22.9 Å². The standard InChI is InChI=1S/C15H8F4N2O2/c16-11-6-1-2-7-12(11)22-10-5-3-4-9(8-10)13-20-14(23-21-13)15(17,18)19/h1-8H. The Morgan fingerprint density at radius 2 is 1.78 bits per heavy atom. The average Bonchev–Trinajstić information content (AvgIpc) is 3.00. The average molecular weight is 324 g/mol. The molecular weight excluding hydrogens is 316 g/mol. The fourth-order valence-corrected chi connectivity index (χ4v) is 1.81. The summed E-state index contributed by atoms with van der Waals surface area (Å²) in [4.78, 5) is 3.29. The van der Waals surface area contributed by atoms with E-state index in [0.29, 0.717) is 0 Å². The van der Waals surface area contributed by atoms with Gasteiger partial charge in [0.05, 0.1) is 0 Å². The Bertz CT molecular complexity index is 830. The van der Waals surface area contributed by atoms with E-state index in [4.69, 9.17) is 4.74 Å². The molecule has 0 aliphatic heterocycles. The molecule has 0 radical (unpaired) electrons. The second kappa shape index (κ2) is 5.71. The van der Waals surface area contributed by atoms with Crippen LogP contribution in [0, 0.1) is 5.82 Å². The zero-order valence-corrected chi connectivity index (χ0v) is 11.3. The number of para-hydroxylation sites is 1. The summed E-state index contributed by atoms with van der Waals surface area (Å²) < 4.78 is 60.5. The Balaban J connectivity index is 1.88. The molecule has 0 aliphatic carbocycles. The van der Waals surface area contributed by atoms with Crippen LogP contribution in [0.3, 0.4) is 0 Å². The first-order chi connectivity index (χ1) is 10.9. The van der Waals surface area contributed by atoms with Gasteiger partial charge in [0.1, 0.15) is 5.75 Å². The SMILES string of the molecule is Fc1ccccc1Oc1cccc(-c2noc(C(F)(F)F)n2)c1. The smallest absolute Gasteiger partial charge is 0.454 e. The zero-order valence-electron chi connectivity index (χ0n) is 11.3. The van der Waals surface area contributed by atoms with Gasteiger partial charge in [-0.15, -0.1) is 0 Å². The van der Waals surface area contributed by atoms with E-state index < -0.39 is 17.9 Å². The van der Waals surface area contributed by atoms with Crippen LogP contribution < -0.4 is 4.74 Å². The highest BCUT2D eigenvalue weighted by Crippen LogP contribution is 2.31. The molecule has 1 aromatic heterocycles. The number of rotatable bonds is 3. The lowest BCUT2D eigenvalue weighted by Gasteiger charge is -2.07. The van der Waals surface area contributed by atoms with Crippen LogP contribution in [0.25, 0.3) is 11.4 Å². The van der Waals surface area contributed by atoms with Crippen LogP contribution in [-0.2, 0) is 6.18 Å². The van der Waals surface area contributed by atoms with Crippen molar-refractivity contribution >= 4 is 0 Å². The molecule has 0 N–H and O–H groups in total. The number of benzene rings is 2. The molecule has 3 rings (SSSR count). The van der Waals surface area contributed by atoms with Crippen molar-refractivity contribution < 1.29 is 26.8 Å². The first-order valence-electron chi connectivity index (χ1n) is 6.37. The second-order valence-corrected chi connectivity index (χ2v) is 4.48. The van der Waals surface area contributed by atoms with Gasteiger partial charge >= 0.3 is 12.1 Å². The molecule has 118 valence electrons. The molecule has 0 spiro atoms. The van der Waals surface area contributed by atoms with E-state index in [0.717, 1.165) is 0 Å². The minimum atomic E-state index is -4.72. The molecule has 0 unspecified atom stereocenters. The first-order valence-corrected chi connectivity index (χ1v) is 6.37. The van der Waals surface area contributed by atoms with Crippen molar-refractivity contribution in [1.29, 1.82) is 0 Å². The van der Waals surface area contributed by atoms with Crippen molar-refractivity contribution in [2.75, 3.05) is 0 Å². The van der Waals surface area contributed by atoms with Crippen LogP contribution in [0.15, 0.2) is 53.1 Å². The fourth-order valence-electron chi connectivity index (χ4n) is 1.81. The third kappa shape index (κ3) is 3.31. The molecule has 0 saturated carbocycles. The summed E-state index contributed by atoms with van der Waals surface area (Å²) in [6.45, 7) is 0.